The number of nitrogens with one attached hydrogen (secondary N) is 1. The highest BCUT2D eigenvalue weighted by atomic mass is 32.1. The lowest BCUT2D eigenvalue weighted by Crippen LogP contribution is -2.42. The molecule has 1 aliphatic rings. The van der Waals surface area contributed by atoms with Crippen molar-refractivity contribution >= 4 is 23.5 Å². The molecule has 8 heteroatoms. The SMILES string of the molecule is Fc1cnc(OCc2cccs2)nc1/N=C/N1CCNCC1. The van der Waals surface area contributed by atoms with Gasteiger partial charge in [-0.05, 0) is 11.4 Å². The Labute approximate surface area is 131 Å². The van der Waals surface area contributed by atoms with Crippen LogP contribution in [0.3, 0.4) is 0 Å². The topological polar surface area (TPSA) is 62.6 Å². The maximum absolute atomic E-state index is 13.7. The number of hydrogen-bond donors (Lipinski definition) is 1. The molecule has 3 heterocycles. The lowest BCUT2D eigenvalue weighted by atomic mass is 10.4. The van der Waals surface area contributed by atoms with Gasteiger partial charge >= 0.3 is 6.01 Å². The summed E-state index contributed by atoms with van der Waals surface area (Å²) in [4.78, 5) is 15.0. The minimum Gasteiger partial charge on any atom is -0.458 e. The summed E-state index contributed by atoms with van der Waals surface area (Å²) in [5, 5.41) is 5.21. The van der Waals surface area contributed by atoms with Crippen LogP contribution in [0.5, 0.6) is 6.01 Å². The van der Waals surface area contributed by atoms with E-state index in [4.69, 9.17) is 4.74 Å². The Morgan fingerprint density at radius 1 is 1.45 bits per heavy atom. The summed E-state index contributed by atoms with van der Waals surface area (Å²) in [6, 6.07) is 4.03. The van der Waals surface area contributed by atoms with Gasteiger partial charge in [-0.15, -0.1) is 11.3 Å². The quantitative estimate of drug-likeness (QED) is 0.672. The lowest BCUT2D eigenvalue weighted by Gasteiger charge is -2.24. The van der Waals surface area contributed by atoms with Gasteiger partial charge in [-0.3, -0.25) is 0 Å². The third-order valence-corrected chi connectivity index (χ3v) is 3.97. The van der Waals surface area contributed by atoms with Crippen LogP contribution in [0.2, 0.25) is 0 Å². The highest BCUT2D eigenvalue weighted by molar-refractivity contribution is 7.09. The maximum Gasteiger partial charge on any atom is 0.318 e. The van der Waals surface area contributed by atoms with E-state index in [2.05, 4.69) is 20.3 Å². The van der Waals surface area contributed by atoms with Crippen LogP contribution < -0.4 is 10.1 Å². The van der Waals surface area contributed by atoms with Crippen LogP contribution >= 0.6 is 11.3 Å². The first-order valence-corrected chi connectivity index (χ1v) is 7.86. The average Bonchev–Trinajstić information content (AvgIpc) is 3.07. The molecule has 1 aliphatic heterocycles. The summed E-state index contributed by atoms with van der Waals surface area (Å²) < 4.78 is 19.2. The number of piperazine rings is 1. The number of aliphatic imine (C=N–C) groups is 1. The fourth-order valence-electron chi connectivity index (χ4n) is 1.97. The molecule has 0 unspecified atom stereocenters. The first-order chi connectivity index (χ1) is 10.8. The molecule has 2 aromatic rings. The predicted octanol–water partition coefficient (Wildman–Crippen LogP) is 1.82. The summed E-state index contributed by atoms with van der Waals surface area (Å²) >= 11 is 1.58. The van der Waals surface area contributed by atoms with Crippen LogP contribution in [0.1, 0.15) is 4.88 Å². The van der Waals surface area contributed by atoms with Crippen molar-refractivity contribution in [3.05, 3.63) is 34.4 Å². The van der Waals surface area contributed by atoms with Gasteiger partial charge in [0.05, 0.1) is 12.5 Å². The smallest absolute Gasteiger partial charge is 0.318 e. The van der Waals surface area contributed by atoms with Gasteiger partial charge in [0.15, 0.2) is 11.6 Å². The zero-order valence-electron chi connectivity index (χ0n) is 11.9. The highest BCUT2D eigenvalue weighted by Crippen LogP contribution is 2.18. The average molecular weight is 321 g/mol. The summed E-state index contributed by atoms with van der Waals surface area (Å²) in [5.74, 6) is -0.565. The predicted molar refractivity (Wildman–Crippen MR) is 83.2 cm³/mol. The molecule has 0 radical (unpaired) electrons. The molecule has 6 nitrogen and oxygen atoms in total. The standard InChI is InChI=1S/C14H16FN5OS/c15-12-8-17-14(21-9-11-2-1-7-22-11)19-13(12)18-10-20-5-3-16-4-6-20/h1-2,7-8,10,16H,3-6,9H2/b18-10+. The molecule has 0 saturated carbocycles. The molecular formula is C14H16FN5OS. The van der Waals surface area contributed by atoms with Crippen LogP contribution in [0.15, 0.2) is 28.7 Å². The van der Waals surface area contributed by atoms with Crippen molar-refractivity contribution in [3.63, 3.8) is 0 Å². The molecule has 3 rings (SSSR count). The van der Waals surface area contributed by atoms with E-state index in [1.165, 1.54) is 0 Å². The fraction of sp³-hybridized carbons (Fsp3) is 0.357. The first kappa shape index (κ1) is 14.9. The molecule has 0 aromatic carbocycles. The number of aromatic nitrogens is 2. The summed E-state index contributed by atoms with van der Waals surface area (Å²) in [6.07, 6.45) is 2.70. The largest absolute Gasteiger partial charge is 0.458 e. The van der Waals surface area contributed by atoms with Crippen molar-refractivity contribution in [1.29, 1.82) is 0 Å². The molecule has 2 aromatic heterocycles. The van der Waals surface area contributed by atoms with E-state index in [0.29, 0.717) is 6.61 Å². The van der Waals surface area contributed by atoms with E-state index in [1.54, 1.807) is 17.7 Å². The van der Waals surface area contributed by atoms with Gasteiger partial charge in [0, 0.05) is 31.1 Å². The Morgan fingerprint density at radius 3 is 3.09 bits per heavy atom. The first-order valence-electron chi connectivity index (χ1n) is 6.98. The van der Waals surface area contributed by atoms with Crippen LogP contribution in [-0.2, 0) is 6.61 Å². The minimum absolute atomic E-state index is 0.00490. The molecule has 0 bridgehead atoms. The minimum atomic E-state index is -0.560. The van der Waals surface area contributed by atoms with Crippen molar-refractivity contribution < 1.29 is 9.13 Å². The Bertz CT molecular complexity index is 628. The summed E-state index contributed by atoms with van der Waals surface area (Å²) in [7, 11) is 0. The van der Waals surface area contributed by atoms with Gasteiger partial charge in [-0.2, -0.15) is 4.98 Å². The van der Waals surface area contributed by atoms with E-state index < -0.39 is 5.82 Å². The van der Waals surface area contributed by atoms with Gasteiger partial charge in [0.1, 0.15) is 6.61 Å². The molecule has 22 heavy (non-hydrogen) atoms. The van der Waals surface area contributed by atoms with Crippen molar-refractivity contribution in [2.45, 2.75) is 6.61 Å². The van der Waals surface area contributed by atoms with Gasteiger partial charge in [-0.1, -0.05) is 6.07 Å². The third kappa shape index (κ3) is 3.99. The Balaban J connectivity index is 1.65. The Kier molecular flexibility index (Phi) is 4.92. The van der Waals surface area contributed by atoms with E-state index in [-0.39, 0.29) is 11.8 Å². The van der Waals surface area contributed by atoms with Crippen LogP contribution in [-0.4, -0.2) is 47.4 Å². The monoisotopic (exact) mass is 321 g/mol. The number of halogens is 1. The number of hydrogen-bond acceptors (Lipinski definition) is 6. The van der Waals surface area contributed by atoms with Crippen LogP contribution in [0.4, 0.5) is 10.2 Å². The van der Waals surface area contributed by atoms with Crippen molar-refractivity contribution in [2.75, 3.05) is 26.2 Å². The normalized spacial score (nSPS) is 15.4. The van der Waals surface area contributed by atoms with Crippen molar-refractivity contribution in [3.8, 4) is 6.01 Å². The van der Waals surface area contributed by atoms with E-state index in [1.807, 2.05) is 22.4 Å². The second-order valence-corrected chi connectivity index (χ2v) is 5.75. The third-order valence-electron chi connectivity index (χ3n) is 3.12. The van der Waals surface area contributed by atoms with Crippen LogP contribution in [0, 0.1) is 5.82 Å². The second kappa shape index (κ2) is 7.28. The Hall–Kier alpha value is -2.06. The molecule has 1 saturated heterocycles. The molecular weight excluding hydrogens is 305 g/mol. The summed E-state index contributed by atoms with van der Waals surface area (Å²) in [5.41, 5.74) is 0. The second-order valence-electron chi connectivity index (χ2n) is 4.72. The molecule has 0 atom stereocenters. The number of nitrogens with zero attached hydrogens (tertiary/aromatic N) is 4. The zero-order valence-corrected chi connectivity index (χ0v) is 12.7. The molecule has 0 amide bonds. The molecule has 0 aliphatic carbocycles. The van der Waals surface area contributed by atoms with E-state index >= 15 is 0 Å². The van der Waals surface area contributed by atoms with Crippen molar-refractivity contribution in [1.82, 2.24) is 20.2 Å². The van der Waals surface area contributed by atoms with E-state index in [0.717, 1.165) is 37.3 Å². The van der Waals surface area contributed by atoms with Crippen LogP contribution in [0.25, 0.3) is 0 Å². The molecule has 1 fully saturated rings. The lowest BCUT2D eigenvalue weighted by molar-refractivity contribution is 0.283. The van der Waals surface area contributed by atoms with E-state index in [9.17, 15) is 4.39 Å². The summed E-state index contributed by atoms with van der Waals surface area (Å²) in [6.45, 7) is 3.85. The number of thiophene rings is 1. The Morgan fingerprint density at radius 2 is 2.32 bits per heavy atom. The molecule has 1 N–H and O–H groups in total. The van der Waals surface area contributed by atoms with Gasteiger partial charge in [-0.25, -0.2) is 14.4 Å². The zero-order chi connectivity index (χ0) is 15.2. The van der Waals surface area contributed by atoms with Gasteiger partial charge < -0.3 is 15.0 Å². The molecule has 116 valence electrons. The number of ether oxygens (including phenoxy) is 1. The van der Waals surface area contributed by atoms with Crippen molar-refractivity contribution in [2.24, 2.45) is 4.99 Å². The molecule has 0 spiro atoms. The van der Waals surface area contributed by atoms with Gasteiger partial charge in [0.25, 0.3) is 0 Å². The van der Waals surface area contributed by atoms with Gasteiger partial charge in [0.2, 0.25) is 0 Å². The fourth-order valence-corrected chi connectivity index (χ4v) is 2.58. The maximum atomic E-state index is 13.7. The highest BCUT2D eigenvalue weighted by Gasteiger charge is 2.09. The number of rotatable bonds is 5.